The second-order valence-electron chi connectivity index (χ2n) is 5.22. The van der Waals surface area contributed by atoms with Crippen LogP contribution in [0, 0.1) is 0 Å². The Morgan fingerprint density at radius 3 is 2.56 bits per heavy atom. The molecule has 0 aromatic carbocycles. The molecule has 1 aromatic heterocycles. The molecule has 1 atom stereocenters. The highest BCUT2D eigenvalue weighted by molar-refractivity contribution is 9.10. The monoisotopic (exact) mass is 316 g/mol. The first-order valence-corrected chi connectivity index (χ1v) is 7.38. The molecule has 5 heteroatoms. The Balaban J connectivity index is 2.16. The molecule has 4 nitrogen and oxygen atoms in total. The number of nitrogens with zero attached hydrogens (tertiary/aromatic N) is 2. The standard InChI is InChI=1S/C13H21BrN2O2/c1-3-9-12(14)10(16(2)15-9)8-11(17)13(18)6-4-5-7-13/h11,17-18H,3-8H2,1-2H3. The number of aromatic nitrogens is 2. The van der Waals surface area contributed by atoms with Gasteiger partial charge >= 0.3 is 0 Å². The average molecular weight is 317 g/mol. The van der Waals surface area contributed by atoms with Gasteiger partial charge < -0.3 is 10.2 Å². The van der Waals surface area contributed by atoms with E-state index in [0.29, 0.717) is 19.3 Å². The molecule has 0 bridgehead atoms. The molecule has 0 aliphatic heterocycles. The maximum atomic E-state index is 10.4. The van der Waals surface area contributed by atoms with E-state index < -0.39 is 11.7 Å². The summed E-state index contributed by atoms with van der Waals surface area (Å²) in [6.45, 7) is 2.05. The molecular weight excluding hydrogens is 296 g/mol. The van der Waals surface area contributed by atoms with E-state index in [1.165, 1.54) is 0 Å². The fourth-order valence-electron chi connectivity index (χ4n) is 2.74. The first kappa shape index (κ1) is 14.0. The van der Waals surface area contributed by atoms with Crippen molar-refractivity contribution in [2.45, 2.75) is 57.2 Å². The smallest absolute Gasteiger partial charge is 0.0909 e. The number of aryl methyl sites for hydroxylation is 2. The quantitative estimate of drug-likeness (QED) is 0.892. The molecule has 102 valence electrons. The summed E-state index contributed by atoms with van der Waals surface area (Å²) in [6, 6.07) is 0. The Labute approximate surface area is 116 Å². The number of halogens is 1. The fraction of sp³-hybridized carbons (Fsp3) is 0.769. The molecule has 1 aromatic rings. The van der Waals surface area contributed by atoms with Crippen LogP contribution in [0.3, 0.4) is 0 Å². The van der Waals surface area contributed by atoms with E-state index in [1.807, 2.05) is 7.05 Å². The van der Waals surface area contributed by atoms with Crippen molar-refractivity contribution in [1.82, 2.24) is 9.78 Å². The summed E-state index contributed by atoms with van der Waals surface area (Å²) in [5.74, 6) is 0. The Kier molecular flexibility index (Phi) is 4.14. The molecule has 0 radical (unpaired) electrons. The third-order valence-electron chi connectivity index (χ3n) is 3.98. The molecule has 1 aliphatic rings. The Morgan fingerprint density at radius 1 is 1.44 bits per heavy atom. The Hall–Kier alpha value is -0.390. The molecule has 2 N–H and O–H groups in total. The lowest BCUT2D eigenvalue weighted by atomic mass is 9.91. The molecule has 1 saturated carbocycles. The van der Waals surface area contributed by atoms with Crippen molar-refractivity contribution >= 4 is 15.9 Å². The van der Waals surface area contributed by atoms with E-state index in [4.69, 9.17) is 0 Å². The Bertz CT molecular complexity index is 425. The molecule has 2 rings (SSSR count). The first-order valence-electron chi connectivity index (χ1n) is 6.58. The molecule has 1 fully saturated rings. The molecule has 0 amide bonds. The second kappa shape index (κ2) is 5.31. The van der Waals surface area contributed by atoms with Gasteiger partial charge in [-0.05, 0) is 35.2 Å². The van der Waals surface area contributed by atoms with Crippen LogP contribution in [-0.2, 0) is 19.9 Å². The molecule has 1 unspecified atom stereocenters. The summed E-state index contributed by atoms with van der Waals surface area (Å²) in [7, 11) is 1.88. The zero-order valence-electron chi connectivity index (χ0n) is 11.0. The zero-order chi connectivity index (χ0) is 13.3. The summed E-state index contributed by atoms with van der Waals surface area (Å²) in [5, 5.41) is 25.1. The van der Waals surface area contributed by atoms with E-state index in [1.54, 1.807) is 4.68 Å². The maximum Gasteiger partial charge on any atom is 0.0909 e. The van der Waals surface area contributed by atoms with Gasteiger partial charge in [0.05, 0.1) is 27.6 Å². The predicted octanol–water partition coefficient (Wildman–Crippen LogP) is 1.95. The second-order valence-corrected chi connectivity index (χ2v) is 6.01. The Morgan fingerprint density at radius 2 is 2.06 bits per heavy atom. The van der Waals surface area contributed by atoms with Gasteiger partial charge in [-0.1, -0.05) is 19.8 Å². The third kappa shape index (κ3) is 2.49. The number of hydrogen-bond donors (Lipinski definition) is 2. The van der Waals surface area contributed by atoms with E-state index >= 15 is 0 Å². The van der Waals surface area contributed by atoms with E-state index in [9.17, 15) is 10.2 Å². The lowest BCUT2D eigenvalue weighted by Gasteiger charge is -2.28. The van der Waals surface area contributed by atoms with Crippen LogP contribution in [0.2, 0.25) is 0 Å². The minimum absolute atomic E-state index is 0.445. The van der Waals surface area contributed by atoms with Crippen molar-refractivity contribution in [2.24, 2.45) is 7.05 Å². The number of hydrogen-bond acceptors (Lipinski definition) is 3. The number of aliphatic hydroxyl groups excluding tert-OH is 1. The van der Waals surface area contributed by atoms with Gasteiger partial charge in [-0.15, -0.1) is 0 Å². The summed E-state index contributed by atoms with van der Waals surface area (Å²) in [4.78, 5) is 0. The van der Waals surface area contributed by atoms with Gasteiger partial charge in [0.15, 0.2) is 0 Å². The topological polar surface area (TPSA) is 58.3 Å². The predicted molar refractivity (Wildman–Crippen MR) is 73.4 cm³/mol. The fourth-order valence-corrected chi connectivity index (χ4v) is 3.51. The average Bonchev–Trinajstić information content (AvgIpc) is 2.89. The van der Waals surface area contributed by atoms with Crippen molar-refractivity contribution in [3.8, 4) is 0 Å². The highest BCUT2D eigenvalue weighted by Gasteiger charge is 2.39. The SMILES string of the molecule is CCc1nn(C)c(CC(O)C2(O)CCCC2)c1Br. The first-order chi connectivity index (χ1) is 8.48. The summed E-state index contributed by atoms with van der Waals surface area (Å²) in [6.07, 6.45) is 3.99. The highest BCUT2D eigenvalue weighted by Crippen LogP contribution is 2.34. The van der Waals surface area contributed by atoms with Crippen LogP contribution in [0.1, 0.15) is 44.0 Å². The van der Waals surface area contributed by atoms with Gasteiger partial charge in [0.1, 0.15) is 0 Å². The van der Waals surface area contributed by atoms with Crippen LogP contribution in [0.25, 0.3) is 0 Å². The van der Waals surface area contributed by atoms with Gasteiger partial charge in [-0.3, -0.25) is 4.68 Å². The van der Waals surface area contributed by atoms with Gasteiger partial charge in [-0.2, -0.15) is 5.10 Å². The van der Waals surface area contributed by atoms with Crippen molar-refractivity contribution in [2.75, 3.05) is 0 Å². The maximum absolute atomic E-state index is 10.4. The normalized spacial score (nSPS) is 20.3. The largest absolute Gasteiger partial charge is 0.390 e. The number of aliphatic hydroxyl groups is 2. The number of rotatable bonds is 4. The van der Waals surface area contributed by atoms with Crippen molar-refractivity contribution in [3.63, 3.8) is 0 Å². The molecule has 1 heterocycles. The molecule has 0 spiro atoms. The van der Waals surface area contributed by atoms with Crippen LogP contribution in [-0.4, -0.2) is 31.7 Å². The molecule has 18 heavy (non-hydrogen) atoms. The molecule has 0 saturated heterocycles. The van der Waals surface area contributed by atoms with Gasteiger partial charge in [0.25, 0.3) is 0 Å². The van der Waals surface area contributed by atoms with E-state index in [0.717, 1.165) is 35.1 Å². The third-order valence-corrected chi connectivity index (χ3v) is 4.89. The van der Waals surface area contributed by atoms with Crippen LogP contribution in [0.4, 0.5) is 0 Å². The lowest BCUT2D eigenvalue weighted by molar-refractivity contribution is -0.0696. The van der Waals surface area contributed by atoms with Crippen LogP contribution < -0.4 is 0 Å². The van der Waals surface area contributed by atoms with Crippen LogP contribution in [0.15, 0.2) is 4.47 Å². The zero-order valence-corrected chi connectivity index (χ0v) is 12.6. The summed E-state index contributed by atoms with van der Waals surface area (Å²) < 4.78 is 2.76. The molecule has 1 aliphatic carbocycles. The van der Waals surface area contributed by atoms with E-state index in [2.05, 4.69) is 28.0 Å². The van der Waals surface area contributed by atoms with E-state index in [-0.39, 0.29) is 0 Å². The van der Waals surface area contributed by atoms with Crippen LogP contribution in [0.5, 0.6) is 0 Å². The summed E-state index contributed by atoms with van der Waals surface area (Å²) in [5.41, 5.74) is 1.05. The van der Waals surface area contributed by atoms with Crippen LogP contribution >= 0.6 is 15.9 Å². The van der Waals surface area contributed by atoms with Crippen molar-refractivity contribution in [1.29, 1.82) is 0 Å². The minimum Gasteiger partial charge on any atom is -0.390 e. The van der Waals surface area contributed by atoms with Gasteiger partial charge in [-0.25, -0.2) is 0 Å². The summed E-state index contributed by atoms with van der Waals surface area (Å²) >= 11 is 3.54. The lowest BCUT2D eigenvalue weighted by Crippen LogP contribution is -2.41. The van der Waals surface area contributed by atoms with Gasteiger partial charge in [0, 0.05) is 13.5 Å². The van der Waals surface area contributed by atoms with Crippen molar-refractivity contribution in [3.05, 3.63) is 15.9 Å². The molecular formula is C13H21BrN2O2. The van der Waals surface area contributed by atoms with Crippen molar-refractivity contribution < 1.29 is 10.2 Å². The van der Waals surface area contributed by atoms with Gasteiger partial charge in [0.2, 0.25) is 0 Å². The minimum atomic E-state index is -0.907. The highest BCUT2D eigenvalue weighted by atomic mass is 79.9.